The average Bonchev–Trinajstić information content (AvgIpc) is 3.07. The first-order valence-corrected chi connectivity index (χ1v) is 10.4. The summed E-state index contributed by atoms with van der Waals surface area (Å²) < 4.78 is 11.7. The number of methoxy groups -OCH3 is 1. The third kappa shape index (κ3) is 4.78. The van der Waals surface area contributed by atoms with Gasteiger partial charge in [-0.2, -0.15) is 0 Å². The van der Waals surface area contributed by atoms with Gasteiger partial charge >= 0.3 is 12.1 Å². The van der Waals surface area contributed by atoms with Gasteiger partial charge < -0.3 is 14.4 Å². The highest BCUT2D eigenvalue weighted by molar-refractivity contribution is 6.31. The highest BCUT2D eigenvalue weighted by Crippen LogP contribution is 2.36. The fraction of sp³-hybridized carbons (Fsp3) is 0.292. The van der Waals surface area contributed by atoms with Crippen LogP contribution >= 0.6 is 11.6 Å². The van der Waals surface area contributed by atoms with Gasteiger partial charge in [-0.1, -0.05) is 41.9 Å². The molecule has 0 spiro atoms. The number of carbonyl (C=O) groups excluding carboxylic acids is 3. The molecule has 0 atom stereocenters. The second-order valence-electron chi connectivity index (χ2n) is 8.31. The quantitative estimate of drug-likeness (QED) is 0.388. The van der Waals surface area contributed by atoms with Gasteiger partial charge in [-0.25, -0.2) is 14.2 Å². The zero-order chi connectivity index (χ0) is 23.6. The number of ether oxygens (including phenoxy) is 2. The van der Waals surface area contributed by atoms with E-state index in [4.69, 9.17) is 21.1 Å². The van der Waals surface area contributed by atoms with Crippen molar-refractivity contribution in [2.24, 2.45) is 0 Å². The number of Topliss-reactive ketones (excluding diaryl/α,β-unsaturated/α-hetero) is 1. The molecule has 0 radical (unpaired) electrons. The number of likely N-dealkylation sites (N-methyl/N-ethyl adjacent to an activating group) is 1. The van der Waals surface area contributed by atoms with E-state index < -0.39 is 17.7 Å². The topological polar surface area (TPSA) is 77.8 Å². The molecule has 0 aliphatic heterocycles. The van der Waals surface area contributed by atoms with Crippen molar-refractivity contribution in [1.82, 2.24) is 4.57 Å². The Morgan fingerprint density at radius 3 is 2.31 bits per heavy atom. The number of anilines is 1. The van der Waals surface area contributed by atoms with Gasteiger partial charge in [-0.05, 0) is 39.0 Å². The Balaban J connectivity index is 2.19. The fourth-order valence-electron chi connectivity index (χ4n) is 3.42. The zero-order valence-corrected chi connectivity index (χ0v) is 19.4. The Morgan fingerprint density at radius 2 is 1.72 bits per heavy atom. The fourth-order valence-corrected chi connectivity index (χ4v) is 3.59. The van der Waals surface area contributed by atoms with E-state index in [0.29, 0.717) is 27.2 Å². The van der Waals surface area contributed by atoms with Crippen LogP contribution in [-0.4, -0.2) is 48.7 Å². The Hall–Kier alpha value is -3.32. The summed E-state index contributed by atoms with van der Waals surface area (Å²) >= 11 is 6.20. The first-order chi connectivity index (χ1) is 15.0. The third-order valence-corrected chi connectivity index (χ3v) is 4.95. The molecule has 3 rings (SSSR count). The molecular weight excluding hydrogens is 432 g/mol. The van der Waals surface area contributed by atoms with Crippen LogP contribution in [0.3, 0.4) is 0 Å². The summed E-state index contributed by atoms with van der Waals surface area (Å²) in [6, 6.07) is 13.8. The Bertz CT molecular complexity index is 1180. The number of hydrogen-bond donors (Lipinski definition) is 0. The van der Waals surface area contributed by atoms with E-state index in [9.17, 15) is 14.4 Å². The summed E-state index contributed by atoms with van der Waals surface area (Å²) in [5.41, 5.74) is 0.453. The second-order valence-corrected chi connectivity index (χ2v) is 8.75. The summed E-state index contributed by atoms with van der Waals surface area (Å²) in [5.74, 6) is -0.881. The lowest BCUT2D eigenvalue weighted by molar-refractivity contribution is 0.0490. The van der Waals surface area contributed by atoms with Crippen molar-refractivity contribution in [3.8, 4) is 0 Å². The lowest BCUT2D eigenvalue weighted by Gasteiger charge is -2.22. The van der Waals surface area contributed by atoms with Gasteiger partial charge in [0.25, 0.3) is 0 Å². The number of aromatic nitrogens is 1. The van der Waals surface area contributed by atoms with Crippen LogP contribution in [0, 0.1) is 0 Å². The van der Waals surface area contributed by atoms with Gasteiger partial charge in [-0.15, -0.1) is 0 Å². The molecule has 1 aromatic heterocycles. The van der Waals surface area contributed by atoms with Crippen LogP contribution in [-0.2, 0) is 9.47 Å². The first-order valence-electron chi connectivity index (χ1n) is 9.98. The SMILES string of the molecule is COC(=O)c1c(N(C)CC(=O)c2ccccc2)c2ccc(Cl)cc2n1C(=O)OC(C)(C)C. The van der Waals surface area contributed by atoms with Crippen LogP contribution < -0.4 is 4.90 Å². The molecule has 0 amide bonds. The smallest absolute Gasteiger partial charge is 0.419 e. The number of nitrogens with zero attached hydrogens (tertiary/aromatic N) is 2. The third-order valence-electron chi connectivity index (χ3n) is 4.72. The molecule has 0 bridgehead atoms. The summed E-state index contributed by atoms with van der Waals surface area (Å²) in [6.45, 7) is 5.16. The van der Waals surface area contributed by atoms with Gasteiger partial charge in [0.1, 0.15) is 5.60 Å². The number of ketones is 1. The van der Waals surface area contributed by atoms with E-state index in [2.05, 4.69) is 0 Å². The van der Waals surface area contributed by atoms with Gasteiger partial charge in [0.15, 0.2) is 11.5 Å². The van der Waals surface area contributed by atoms with Crippen molar-refractivity contribution in [1.29, 1.82) is 0 Å². The van der Waals surface area contributed by atoms with Crippen molar-refractivity contribution in [2.45, 2.75) is 26.4 Å². The molecular formula is C24H25ClN2O5. The molecule has 8 heteroatoms. The first kappa shape index (κ1) is 23.3. The molecule has 2 aromatic carbocycles. The lowest BCUT2D eigenvalue weighted by Crippen LogP contribution is -2.31. The number of fused-ring (bicyclic) bond motifs is 1. The van der Waals surface area contributed by atoms with Gasteiger partial charge in [0.2, 0.25) is 0 Å². The van der Waals surface area contributed by atoms with Crippen LogP contribution in [0.5, 0.6) is 0 Å². The maximum Gasteiger partial charge on any atom is 0.419 e. The number of rotatable bonds is 5. The highest BCUT2D eigenvalue weighted by atomic mass is 35.5. The maximum atomic E-state index is 13.1. The molecule has 0 saturated carbocycles. The minimum absolute atomic E-state index is 0.0237. The summed E-state index contributed by atoms with van der Waals surface area (Å²) in [6.07, 6.45) is -0.751. The minimum Gasteiger partial charge on any atom is -0.464 e. The van der Waals surface area contributed by atoms with Gasteiger partial charge in [0, 0.05) is 23.0 Å². The van der Waals surface area contributed by atoms with Crippen molar-refractivity contribution in [3.63, 3.8) is 0 Å². The summed E-state index contributed by atoms with van der Waals surface area (Å²) in [5, 5.41) is 0.940. The van der Waals surface area contributed by atoms with E-state index in [0.717, 1.165) is 4.57 Å². The van der Waals surface area contributed by atoms with Crippen molar-refractivity contribution in [2.75, 3.05) is 25.6 Å². The van der Waals surface area contributed by atoms with E-state index in [1.165, 1.54) is 7.11 Å². The van der Waals surface area contributed by atoms with Crippen LogP contribution in [0.25, 0.3) is 10.9 Å². The molecule has 168 valence electrons. The lowest BCUT2D eigenvalue weighted by atomic mass is 10.1. The van der Waals surface area contributed by atoms with E-state index in [1.807, 2.05) is 6.07 Å². The second kappa shape index (κ2) is 9.04. The summed E-state index contributed by atoms with van der Waals surface area (Å²) in [7, 11) is 2.90. The number of benzene rings is 2. The van der Waals surface area contributed by atoms with E-state index in [-0.39, 0.29) is 18.0 Å². The number of hydrogen-bond acceptors (Lipinski definition) is 6. The minimum atomic E-state index is -0.797. The molecule has 3 aromatic rings. The van der Waals surface area contributed by atoms with Crippen LogP contribution in [0.2, 0.25) is 5.02 Å². The predicted molar refractivity (Wildman–Crippen MR) is 124 cm³/mol. The zero-order valence-electron chi connectivity index (χ0n) is 18.6. The van der Waals surface area contributed by atoms with Crippen molar-refractivity contribution in [3.05, 3.63) is 64.8 Å². The number of halogens is 1. The Kier molecular flexibility index (Phi) is 6.60. The van der Waals surface area contributed by atoms with Crippen LogP contribution in [0.1, 0.15) is 41.6 Å². The Labute approximate surface area is 191 Å². The van der Waals surface area contributed by atoms with E-state index >= 15 is 0 Å². The number of esters is 1. The van der Waals surface area contributed by atoms with Crippen molar-refractivity contribution >= 4 is 46.0 Å². The molecule has 0 aliphatic carbocycles. The normalized spacial score (nSPS) is 11.3. The molecule has 7 nitrogen and oxygen atoms in total. The molecule has 0 aliphatic rings. The standard InChI is InChI=1S/C24H25ClN2O5/c1-24(2,3)32-23(30)27-18-13-16(25)11-12-17(18)20(21(27)22(29)31-5)26(4)14-19(28)15-9-7-6-8-10-15/h6-13H,14H2,1-5H3. The Morgan fingerprint density at radius 1 is 1.06 bits per heavy atom. The largest absolute Gasteiger partial charge is 0.464 e. The molecule has 0 saturated heterocycles. The van der Waals surface area contributed by atoms with Crippen LogP contribution in [0.15, 0.2) is 48.5 Å². The van der Waals surface area contributed by atoms with Gasteiger partial charge in [-0.3, -0.25) is 4.79 Å². The highest BCUT2D eigenvalue weighted by Gasteiger charge is 2.32. The van der Waals surface area contributed by atoms with Crippen LogP contribution in [0.4, 0.5) is 10.5 Å². The molecule has 1 heterocycles. The molecule has 0 fully saturated rings. The van der Waals surface area contributed by atoms with Crippen molar-refractivity contribution < 1.29 is 23.9 Å². The molecule has 32 heavy (non-hydrogen) atoms. The maximum absolute atomic E-state index is 13.1. The monoisotopic (exact) mass is 456 g/mol. The molecule has 0 N–H and O–H groups in total. The van der Waals surface area contributed by atoms with Gasteiger partial charge in [0.05, 0.1) is 24.9 Å². The number of carbonyl (C=O) groups is 3. The molecule has 0 unspecified atom stereocenters. The predicted octanol–water partition coefficient (Wildman–Crippen LogP) is 5.18. The summed E-state index contributed by atoms with van der Waals surface area (Å²) in [4.78, 5) is 40.4. The average molecular weight is 457 g/mol. The van der Waals surface area contributed by atoms with E-state index in [1.54, 1.807) is 75.2 Å².